The maximum absolute atomic E-state index is 12.1. The molecule has 5 heteroatoms. The Kier molecular flexibility index (Phi) is 5.35. The van der Waals surface area contributed by atoms with Crippen LogP contribution in [0.25, 0.3) is 0 Å². The van der Waals surface area contributed by atoms with Crippen molar-refractivity contribution in [3.05, 3.63) is 29.8 Å². The summed E-state index contributed by atoms with van der Waals surface area (Å²) in [5.41, 5.74) is 1.08. The number of hydrogen-bond acceptors (Lipinski definition) is 1. The summed E-state index contributed by atoms with van der Waals surface area (Å²) in [5.74, 6) is 0.455. The summed E-state index contributed by atoms with van der Waals surface area (Å²) in [7, 11) is 0. The van der Waals surface area contributed by atoms with Crippen molar-refractivity contribution in [2.24, 2.45) is 5.92 Å². The van der Waals surface area contributed by atoms with Crippen molar-refractivity contribution in [3.8, 4) is 5.75 Å². The topological polar surface area (TPSA) is 9.23 Å². The average molecular weight is 351 g/mol. The Morgan fingerprint density at radius 1 is 1.10 bits per heavy atom. The summed E-state index contributed by atoms with van der Waals surface area (Å²) < 4.78 is 40.1. The molecule has 0 amide bonds. The fraction of sp³-hybridized carbons (Fsp3) is 0.600. The molecule has 0 aromatic heterocycles. The van der Waals surface area contributed by atoms with Crippen LogP contribution in [0.5, 0.6) is 5.75 Å². The minimum atomic E-state index is -4.62. The van der Waals surface area contributed by atoms with Gasteiger partial charge in [-0.25, -0.2) is 0 Å². The highest BCUT2D eigenvalue weighted by molar-refractivity contribution is 9.09. The molecule has 2 unspecified atom stereocenters. The van der Waals surface area contributed by atoms with E-state index in [0.717, 1.165) is 18.4 Å². The number of hydrogen-bond donors (Lipinski definition) is 0. The number of alkyl halides is 4. The van der Waals surface area contributed by atoms with E-state index in [1.165, 1.54) is 37.8 Å². The van der Waals surface area contributed by atoms with Crippen LogP contribution < -0.4 is 4.74 Å². The van der Waals surface area contributed by atoms with Crippen molar-refractivity contribution in [1.82, 2.24) is 0 Å². The van der Waals surface area contributed by atoms with Gasteiger partial charge in [0.2, 0.25) is 0 Å². The maximum atomic E-state index is 12.1. The lowest BCUT2D eigenvalue weighted by Gasteiger charge is -2.16. The smallest absolute Gasteiger partial charge is 0.406 e. The quantitative estimate of drug-likeness (QED) is 0.518. The predicted molar refractivity (Wildman–Crippen MR) is 76.1 cm³/mol. The third-order valence-electron chi connectivity index (χ3n) is 3.65. The minimum Gasteiger partial charge on any atom is -0.406 e. The summed E-state index contributed by atoms with van der Waals surface area (Å²) in [6.45, 7) is 0. The zero-order chi connectivity index (χ0) is 14.6. The molecule has 2 rings (SSSR count). The zero-order valence-electron chi connectivity index (χ0n) is 11.1. The second-order valence-electron chi connectivity index (χ2n) is 5.38. The van der Waals surface area contributed by atoms with Gasteiger partial charge in [-0.05, 0) is 42.9 Å². The Balaban J connectivity index is 1.93. The summed E-state index contributed by atoms with van der Waals surface area (Å²) in [4.78, 5) is 0.572. The Hall–Kier alpha value is -0.710. The highest BCUT2D eigenvalue weighted by atomic mass is 79.9. The van der Waals surface area contributed by atoms with Crippen molar-refractivity contribution < 1.29 is 17.9 Å². The molecule has 112 valence electrons. The fourth-order valence-electron chi connectivity index (χ4n) is 2.74. The molecule has 1 aliphatic rings. The lowest BCUT2D eigenvalue weighted by atomic mass is 9.92. The molecule has 20 heavy (non-hydrogen) atoms. The van der Waals surface area contributed by atoms with Gasteiger partial charge in [0, 0.05) is 4.83 Å². The van der Waals surface area contributed by atoms with E-state index in [-0.39, 0.29) is 5.75 Å². The number of halogens is 4. The van der Waals surface area contributed by atoms with E-state index in [2.05, 4.69) is 20.7 Å². The molecule has 0 aliphatic heterocycles. The molecule has 1 aliphatic carbocycles. The molecule has 1 aromatic rings. The van der Waals surface area contributed by atoms with Crippen LogP contribution in [0, 0.1) is 5.92 Å². The Morgan fingerprint density at radius 2 is 1.75 bits per heavy atom. The standard InChI is InChI=1S/C15H18BrF3O/c16-13-4-2-1-3-12(10-13)9-11-5-7-14(8-6-11)20-15(17,18)19/h5-8,12-13H,1-4,9-10H2. The molecule has 0 heterocycles. The molecular formula is C15H18BrF3O. The highest BCUT2D eigenvalue weighted by Crippen LogP contribution is 2.30. The van der Waals surface area contributed by atoms with Gasteiger partial charge >= 0.3 is 6.36 Å². The van der Waals surface area contributed by atoms with Gasteiger partial charge < -0.3 is 4.74 Å². The first-order valence-corrected chi connectivity index (χ1v) is 7.83. The number of ether oxygens (including phenoxy) is 1. The fourth-order valence-corrected chi connectivity index (χ4v) is 3.59. The summed E-state index contributed by atoms with van der Waals surface area (Å²) in [5, 5.41) is 0. The first-order chi connectivity index (χ1) is 9.42. The first-order valence-electron chi connectivity index (χ1n) is 6.91. The van der Waals surface area contributed by atoms with E-state index < -0.39 is 6.36 Å². The van der Waals surface area contributed by atoms with Crippen LogP contribution in [0.1, 0.15) is 37.7 Å². The third kappa shape index (κ3) is 5.35. The van der Waals surface area contributed by atoms with Crippen LogP contribution in [0.2, 0.25) is 0 Å². The summed E-state index contributed by atoms with van der Waals surface area (Å²) in [6.07, 6.45) is 2.35. The van der Waals surface area contributed by atoms with Gasteiger partial charge in [-0.2, -0.15) is 0 Å². The Morgan fingerprint density at radius 3 is 2.40 bits per heavy atom. The van der Waals surface area contributed by atoms with Gasteiger partial charge in [-0.1, -0.05) is 47.3 Å². The highest BCUT2D eigenvalue weighted by Gasteiger charge is 2.31. The minimum absolute atomic E-state index is 0.152. The van der Waals surface area contributed by atoms with Crippen molar-refractivity contribution in [2.75, 3.05) is 0 Å². The maximum Gasteiger partial charge on any atom is 0.573 e. The largest absolute Gasteiger partial charge is 0.573 e. The van der Waals surface area contributed by atoms with E-state index >= 15 is 0 Å². The molecule has 1 fully saturated rings. The van der Waals surface area contributed by atoms with Crippen molar-refractivity contribution in [1.29, 1.82) is 0 Å². The average Bonchev–Trinajstić information content (AvgIpc) is 2.54. The van der Waals surface area contributed by atoms with Gasteiger partial charge in [0.25, 0.3) is 0 Å². The Bertz CT molecular complexity index is 416. The van der Waals surface area contributed by atoms with Gasteiger partial charge in [0.1, 0.15) is 5.75 Å². The summed E-state index contributed by atoms with van der Waals surface area (Å²) >= 11 is 3.69. The van der Waals surface area contributed by atoms with Crippen LogP contribution in [0.3, 0.4) is 0 Å². The van der Waals surface area contributed by atoms with Crippen LogP contribution in [0.15, 0.2) is 24.3 Å². The second-order valence-corrected chi connectivity index (χ2v) is 6.67. The Labute approximate surface area is 125 Å². The molecule has 2 atom stereocenters. The van der Waals surface area contributed by atoms with Crippen LogP contribution in [0.4, 0.5) is 13.2 Å². The van der Waals surface area contributed by atoms with Crippen LogP contribution in [-0.4, -0.2) is 11.2 Å². The van der Waals surface area contributed by atoms with Crippen molar-refractivity contribution in [3.63, 3.8) is 0 Å². The molecule has 1 nitrogen and oxygen atoms in total. The van der Waals surface area contributed by atoms with Gasteiger partial charge in [-0.3, -0.25) is 0 Å². The number of rotatable bonds is 3. The summed E-state index contributed by atoms with van der Waals surface area (Å²) in [6, 6.07) is 6.25. The lowest BCUT2D eigenvalue weighted by molar-refractivity contribution is -0.274. The molecule has 0 spiro atoms. The van der Waals surface area contributed by atoms with Gasteiger partial charge in [0.05, 0.1) is 0 Å². The van der Waals surface area contributed by atoms with E-state index in [1.54, 1.807) is 12.1 Å². The van der Waals surface area contributed by atoms with E-state index in [1.807, 2.05) is 0 Å². The molecule has 1 saturated carbocycles. The molecule has 1 aromatic carbocycles. The SMILES string of the molecule is FC(F)(F)Oc1ccc(CC2CCCCC(Br)C2)cc1. The van der Waals surface area contributed by atoms with Crippen molar-refractivity contribution in [2.45, 2.75) is 49.7 Å². The van der Waals surface area contributed by atoms with E-state index in [4.69, 9.17) is 0 Å². The third-order valence-corrected chi connectivity index (χ3v) is 4.48. The van der Waals surface area contributed by atoms with Crippen LogP contribution in [-0.2, 0) is 6.42 Å². The molecule has 0 N–H and O–H groups in total. The lowest BCUT2D eigenvalue weighted by Crippen LogP contribution is -2.17. The number of benzene rings is 1. The van der Waals surface area contributed by atoms with E-state index in [9.17, 15) is 13.2 Å². The first kappa shape index (κ1) is 15.7. The normalized spacial score (nSPS) is 24.2. The van der Waals surface area contributed by atoms with Gasteiger partial charge in [-0.15, -0.1) is 13.2 Å². The van der Waals surface area contributed by atoms with Crippen LogP contribution >= 0.6 is 15.9 Å². The molecule has 0 radical (unpaired) electrons. The van der Waals surface area contributed by atoms with Crippen molar-refractivity contribution >= 4 is 15.9 Å². The van der Waals surface area contributed by atoms with E-state index in [0.29, 0.717) is 10.7 Å². The predicted octanol–water partition coefficient (Wildman–Crippen LogP) is 5.47. The van der Waals surface area contributed by atoms with Gasteiger partial charge in [0.15, 0.2) is 0 Å². The second kappa shape index (κ2) is 6.83. The molecular weight excluding hydrogens is 333 g/mol. The monoisotopic (exact) mass is 350 g/mol. The molecule has 0 bridgehead atoms. The molecule has 0 saturated heterocycles. The zero-order valence-corrected chi connectivity index (χ0v) is 12.7.